The third-order valence-electron chi connectivity index (χ3n) is 6.71. The normalized spacial score (nSPS) is 13.9. The molecule has 1 fully saturated rings. The summed E-state index contributed by atoms with van der Waals surface area (Å²) in [5.74, 6) is -2.49. The number of anilines is 1. The van der Waals surface area contributed by atoms with Crippen LogP contribution >= 0.6 is 0 Å². The predicted octanol–water partition coefficient (Wildman–Crippen LogP) is 7.00. The number of carbonyl (C=O) groups is 2. The third kappa shape index (κ3) is 5.98. The van der Waals surface area contributed by atoms with E-state index in [0.29, 0.717) is 17.2 Å². The maximum Gasteiger partial charge on any atom is 0.573 e. The van der Waals surface area contributed by atoms with Crippen molar-refractivity contribution in [2.24, 2.45) is 0 Å². The fourth-order valence-electron chi connectivity index (χ4n) is 5.09. The van der Waals surface area contributed by atoms with E-state index in [-0.39, 0.29) is 28.1 Å². The van der Waals surface area contributed by atoms with Gasteiger partial charge in [-0.1, -0.05) is 12.8 Å². The zero-order valence-corrected chi connectivity index (χ0v) is 21.1. The highest BCUT2D eigenvalue weighted by Crippen LogP contribution is 2.35. The van der Waals surface area contributed by atoms with Crippen LogP contribution in [0.4, 0.5) is 18.9 Å². The molecule has 40 heavy (non-hydrogen) atoms. The largest absolute Gasteiger partial charge is 0.573 e. The number of aliphatic carboxylic acids is 1. The minimum atomic E-state index is -4.83. The lowest BCUT2D eigenvalue weighted by molar-refractivity contribution is -0.274. The average molecular weight is 555 g/mol. The quantitative estimate of drug-likeness (QED) is 0.204. The van der Waals surface area contributed by atoms with Crippen molar-refractivity contribution in [1.82, 2.24) is 4.57 Å². The summed E-state index contributed by atoms with van der Waals surface area (Å²) >= 11 is 0. The van der Waals surface area contributed by atoms with Crippen molar-refractivity contribution in [3.63, 3.8) is 0 Å². The van der Waals surface area contributed by atoms with Crippen LogP contribution in [0.1, 0.15) is 41.7 Å². The molecule has 0 aliphatic heterocycles. The highest BCUT2D eigenvalue weighted by molar-refractivity contribution is 6.07. The smallest absolute Gasteiger partial charge is 0.481 e. The summed E-state index contributed by atoms with van der Waals surface area (Å²) in [7, 11) is 0. The van der Waals surface area contributed by atoms with Gasteiger partial charge >= 0.3 is 18.3 Å². The van der Waals surface area contributed by atoms with Crippen LogP contribution in [-0.2, 0) is 11.2 Å². The number of aromatic nitrogens is 1. The van der Waals surface area contributed by atoms with E-state index in [1.807, 2.05) is 24.3 Å². The first-order valence-corrected chi connectivity index (χ1v) is 12.6. The van der Waals surface area contributed by atoms with E-state index in [1.54, 1.807) is 16.7 Å². The number of hydrogen-bond acceptors (Lipinski definition) is 5. The Morgan fingerprint density at radius 3 is 2.12 bits per heavy atom. The van der Waals surface area contributed by atoms with E-state index in [1.165, 1.54) is 31.0 Å². The zero-order chi connectivity index (χ0) is 28.4. The molecule has 0 saturated heterocycles. The number of benzene rings is 3. The summed E-state index contributed by atoms with van der Waals surface area (Å²) < 4.78 is 48.5. The standard InChI is InChI=1S/C29H25F3N2O6/c30-29(31,32)40-21-11-9-20(10-12-21)39-22-13-14-24-23(15-22)27(28(37)38)25(16-26(35)36)34(24)19-7-5-18(6-8-19)33-17-3-1-2-4-17/h5-15,17,33H,1-4,16H2,(H,35,36)(H,37,38). The van der Waals surface area contributed by atoms with Crippen LogP contribution in [0.3, 0.4) is 0 Å². The van der Waals surface area contributed by atoms with Gasteiger partial charge in [0.15, 0.2) is 0 Å². The molecule has 0 unspecified atom stereocenters. The van der Waals surface area contributed by atoms with E-state index < -0.39 is 30.5 Å². The Balaban J connectivity index is 1.51. The summed E-state index contributed by atoms with van der Waals surface area (Å²) in [6, 6.07) is 17.2. The SMILES string of the molecule is O=C(O)Cc1c(C(=O)O)c2cc(Oc3ccc(OC(F)(F)F)cc3)ccc2n1-c1ccc(NC2CCCC2)cc1. The van der Waals surface area contributed by atoms with Crippen LogP contribution in [0.5, 0.6) is 17.2 Å². The number of hydrogen-bond donors (Lipinski definition) is 3. The second-order valence-electron chi connectivity index (χ2n) is 9.51. The fourth-order valence-corrected chi connectivity index (χ4v) is 5.09. The molecule has 208 valence electrons. The molecule has 5 rings (SSSR count). The Morgan fingerprint density at radius 2 is 1.52 bits per heavy atom. The summed E-state index contributed by atoms with van der Waals surface area (Å²) in [5.41, 5.74) is 1.90. The van der Waals surface area contributed by atoms with Gasteiger partial charge in [0, 0.05) is 28.5 Å². The average Bonchev–Trinajstić information content (AvgIpc) is 3.50. The third-order valence-corrected chi connectivity index (χ3v) is 6.71. The Kier molecular flexibility index (Phi) is 7.29. The number of nitrogens with zero attached hydrogens (tertiary/aromatic N) is 1. The predicted molar refractivity (Wildman–Crippen MR) is 141 cm³/mol. The van der Waals surface area contributed by atoms with Crippen molar-refractivity contribution in [3.8, 4) is 22.9 Å². The van der Waals surface area contributed by atoms with Gasteiger partial charge in [-0.2, -0.15) is 0 Å². The number of alkyl halides is 3. The lowest BCUT2D eigenvalue weighted by Crippen LogP contribution is -2.16. The molecule has 1 aromatic heterocycles. The molecule has 1 aliphatic rings. The van der Waals surface area contributed by atoms with Crippen molar-refractivity contribution >= 4 is 28.5 Å². The van der Waals surface area contributed by atoms with Gasteiger partial charge in [0.2, 0.25) is 0 Å². The molecule has 0 radical (unpaired) electrons. The molecule has 0 amide bonds. The number of ether oxygens (including phenoxy) is 2. The monoisotopic (exact) mass is 554 g/mol. The van der Waals surface area contributed by atoms with Gasteiger partial charge in [-0.25, -0.2) is 4.79 Å². The molecule has 0 spiro atoms. The van der Waals surface area contributed by atoms with Crippen LogP contribution in [-0.4, -0.2) is 39.1 Å². The van der Waals surface area contributed by atoms with E-state index in [2.05, 4.69) is 10.1 Å². The van der Waals surface area contributed by atoms with Crippen molar-refractivity contribution in [1.29, 1.82) is 0 Å². The summed E-state index contributed by atoms with van der Waals surface area (Å²) in [4.78, 5) is 24.1. The zero-order valence-electron chi connectivity index (χ0n) is 21.1. The minimum Gasteiger partial charge on any atom is -0.481 e. The molecule has 11 heteroatoms. The first-order valence-electron chi connectivity index (χ1n) is 12.6. The summed E-state index contributed by atoms with van der Waals surface area (Å²) in [6.45, 7) is 0. The van der Waals surface area contributed by atoms with Crippen LogP contribution < -0.4 is 14.8 Å². The summed E-state index contributed by atoms with van der Waals surface area (Å²) in [6.07, 6.45) is -0.783. The second-order valence-corrected chi connectivity index (χ2v) is 9.51. The van der Waals surface area contributed by atoms with Crippen LogP contribution in [0.2, 0.25) is 0 Å². The summed E-state index contributed by atoms with van der Waals surface area (Å²) in [5, 5.41) is 23.4. The lowest BCUT2D eigenvalue weighted by atomic mass is 10.1. The number of rotatable bonds is 9. The second kappa shape index (κ2) is 10.8. The van der Waals surface area contributed by atoms with Crippen LogP contribution in [0, 0.1) is 0 Å². The molecule has 1 heterocycles. The number of carboxylic acid groups (broad SMARTS) is 2. The fraction of sp³-hybridized carbons (Fsp3) is 0.241. The molecule has 1 aliphatic carbocycles. The lowest BCUT2D eigenvalue weighted by Gasteiger charge is -2.15. The van der Waals surface area contributed by atoms with Gasteiger partial charge in [0.1, 0.15) is 17.2 Å². The van der Waals surface area contributed by atoms with Crippen molar-refractivity contribution in [2.75, 3.05) is 5.32 Å². The van der Waals surface area contributed by atoms with E-state index in [0.717, 1.165) is 30.7 Å². The highest BCUT2D eigenvalue weighted by atomic mass is 19.4. The molecule has 0 bridgehead atoms. The van der Waals surface area contributed by atoms with Gasteiger partial charge in [0.25, 0.3) is 0 Å². The molecule has 4 aromatic rings. The van der Waals surface area contributed by atoms with Gasteiger partial charge in [-0.3, -0.25) is 4.79 Å². The number of aromatic carboxylic acids is 1. The van der Waals surface area contributed by atoms with Gasteiger partial charge < -0.3 is 29.6 Å². The molecular formula is C29H25F3N2O6. The van der Waals surface area contributed by atoms with Crippen molar-refractivity contribution in [3.05, 3.63) is 78.0 Å². The maximum atomic E-state index is 12.4. The Bertz CT molecular complexity index is 1540. The molecule has 0 atom stereocenters. The number of fused-ring (bicyclic) bond motifs is 1. The van der Waals surface area contributed by atoms with E-state index >= 15 is 0 Å². The van der Waals surface area contributed by atoms with Crippen LogP contribution in [0.15, 0.2) is 66.7 Å². The van der Waals surface area contributed by atoms with Crippen LogP contribution in [0.25, 0.3) is 16.6 Å². The highest BCUT2D eigenvalue weighted by Gasteiger charge is 2.31. The number of carboxylic acids is 2. The molecule has 3 N–H and O–H groups in total. The molecule has 8 nitrogen and oxygen atoms in total. The Labute approximate surface area is 226 Å². The molecular weight excluding hydrogens is 529 g/mol. The first-order chi connectivity index (χ1) is 19.1. The van der Waals surface area contributed by atoms with Crippen molar-refractivity contribution in [2.45, 2.75) is 44.5 Å². The molecule has 1 saturated carbocycles. The van der Waals surface area contributed by atoms with Gasteiger partial charge in [-0.15, -0.1) is 13.2 Å². The van der Waals surface area contributed by atoms with E-state index in [4.69, 9.17) is 4.74 Å². The van der Waals surface area contributed by atoms with Gasteiger partial charge in [-0.05, 0) is 79.6 Å². The topological polar surface area (TPSA) is 110 Å². The Morgan fingerprint density at radius 1 is 0.900 bits per heavy atom. The van der Waals surface area contributed by atoms with E-state index in [9.17, 15) is 33.0 Å². The number of nitrogens with one attached hydrogen (secondary N) is 1. The van der Waals surface area contributed by atoms with Gasteiger partial charge in [0.05, 0.1) is 17.5 Å². The van der Waals surface area contributed by atoms with Crippen molar-refractivity contribution < 1.29 is 42.4 Å². The maximum absolute atomic E-state index is 12.4. The Hall–Kier alpha value is -4.67. The number of halogens is 3. The molecule has 3 aromatic carbocycles. The first kappa shape index (κ1) is 26.9. The minimum absolute atomic E-state index is 0.0947.